The average Bonchev–Trinajstić information content (AvgIpc) is 2.37. The Labute approximate surface area is 123 Å². The average molecular weight is 301 g/mol. The van der Waals surface area contributed by atoms with Gasteiger partial charge in [-0.1, -0.05) is 18.0 Å². The minimum absolute atomic E-state index is 0.0295. The van der Waals surface area contributed by atoms with Crippen molar-refractivity contribution in [3.8, 4) is 0 Å². The molecule has 6 heteroatoms. The highest BCUT2D eigenvalue weighted by Gasteiger charge is 2.19. The number of nitrogens with one attached hydrogen (secondary N) is 1. The van der Waals surface area contributed by atoms with E-state index in [1.54, 1.807) is 6.07 Å². The van der Waals surface area contributed by atoms with Crippen LogP contribution in [0.15, 0.2) is 18.2 Å². The molecule has 1 aromatic carbocycles. The Kier molecular flexibility index (Phi) is 5.07. The Morgan fingerprint density at radius 1 is 1.47 bits per heavy atom. The highest BCUT2D eigenvalue weighted by molar-refractivity contribution is 7.80. The van der Waals surface area contributed by atoms with E-state index in [2.05, 4.69) is 17.9 Å². The van der Waals surface area contributed by atoms with Crippen molar-refractivity contribution in [3.63, 3.8) is 0 Å². The number of nitrogens with zero attached hydrogens (tertiary/aromatic N) is 1. The summed E-state index contributed by atoms with van der Waals surface area (Å²) >= 11 is 10.6. The predicted octanol–water partition coefficient (Wildman–Crippen LogP) is 3.58. The lowest BCUT2D eigenvalue weighted by molar-refractivity contribution is -0.384. The van der Waals surface area contributed by atoms with Gasteiger partial charge in [-0.05, 0) is 30.9 Å². The van der Waals surface area contributed by atoms with Gasteiger partial charge in [-0.2, -0.15) is 12.6 Å². The monoisotopic (exact) mass is 300 g/mol. The van der Waals surface area contributed by atoms with Gasteiger partial charge in [-0.3, -0.25) is 10.1 Å². The van der Waals surface area contributed by atoms with E-state index in [-0.39, 0.29) is 5.69 Å². The number of nitro benzene ring substituents is 1. The van der Waals surface area contributed by atoms with Gasteiger partial charge in [-0.25, -0.2) is 0 Å². The quantitative estimate of drug-likeness (QED) is 0.508. The molecule has 2 rings (SSSR count). The highest BCUT2D eigenvalue weighted by atomic mass is 35.5. The van der Waals surface area contributed by atoms with Crippen molar-refractivity contribution in [3.05, 3.63) is 38.9 Å². The lowest BCUT2D eigenvalue weighted by Gasteiger charge is -2.27. The molecule has 2 atom stereocenters. The minimum Gasteiger partial charge on any atom is -0.310 e. The van der Waals surface area contributed by atoms with E-state index in [4.69, 9.17) is 11.6 Å². The number of halogens is 1. The number of benzene rings is 1. The van der Waals surface area contributed by atoms with E-state index in [1.165, 1.54) is 25.0 Å². The Morgan fingerprint density at radius 2 is 2.26 bits per heavy atom. The molecule has 0 aromatic heterocycles. The second-order valence-corrected chi connectivity index (χ2v) is 6.07. The van der Waals surface area contributed by atoms with Gasteiger partial charge < -0.3 is 5.32 Å². The van der Waals surface area contributed by atoms with Crippen molar-refractivity contribution in [1.82, 2.24) is 5.32 Å². The zero-order valence-electron chi connectivity index (χ0n) is 10.5. The third kappa shape index (κ3) is 4.09. The number of nitro groups is 1. The number of non-ortho nitro benzene ring substituents is 1. The van der Waals surface area contributed by atoms with Crippen molar-refractivity contribution < 1.29 is 4.92 Å². The van der Waals surface area contributed by atoms with Gasteiger partial charge in [0.1, 0.15) is 0 Å². The van der Waals surface area contributed by atoms with Crippen molar-refractivity contribution >= 4 is 29.9 Å². The van der Waals surface area contributed by atoms with Crippen molar-refractivity contribution in [2.75, 3.05) is 0 Å². The fourth-order valence-electron chi connectivity index (χ4n) is 2.40. The molecule has 4 nitrogen and oxygen atoms in total. The smallest absolute Gasteiger partial charge is 0.270 e. The molecule has 0 bridgehead atoms. The molecule has 104 valence electrons. The number of rotatable bonds is 4. The van der Waals surface area contributed by atoms with Crippen LogP contribution in [0.25, 0.3) is 0 Å². The standard InChI is InChI=1S/C13H17ClN2O2S/c14-13-7-11(16(17)18)5-4-9(13)8-15-10-2-1-3-12(19)6-10/h4-5,7,10,12,15,19H,1-3,6,8H2/t10-,12+/m1/s1. The maximum atomic E-state index is 10.6. The second kappa shape index (κ2) is 6.59. The summed E-state index contributed by atoms with van der Waals surface area (Å²) < 4.78 is 0. The van der Waals surface area contributed by atoms with Gasteiger partial charge in [-0.15, -0.1) is 0 Å². The van der Waals surface area contributed by atoms with Crippen molar-refractivity contribution in [1.29, 1.82) is 0 Å². The van der Waals surface area contributed by atoms with Gasteiger partial charge in [0.2, 0.25) is 0 Å². The summed E-state index contributed by atoms with van der Waals surface area (Å²) in [5.41, 5.74) is 0.926. The van der Waals surface area contributed by atoms with E-state index >= 15 is 0 Å². The number of hydrogen-bond donors (Lipinski definition) is 2. The lowest BCUT2D eigenvalue weighted by Crippen LogP contribution is -2.34. The summed E-state index contributed by atoms with van der Waals surface area (Å²) in [6.07, 6.45) is 4.59. The van der Waals surface area contributed by atoms with E-state index in [9.17, 15) is 10.1 Å². The maximum absolute atomic E-state index is 10.6. The van der Waals surface area contributed by atoms with Crippen LogP contribution >= 0.6 is 24.2 Å². The van der Waals surface area contributed by atoms with E-state index in [0.29, 0.717) is 22.9 Å². The first-order chi connectivity index (χ1) is 9.06. The first-order valence-corrected chi connectivity index (χ1v) is 7.30. The molecule has 0 aliphatic heterocycles. The summed E-state index contributed by atoms with van der Waals surface area (Å²) in [6.45, 7) is 0.641. The van der Waals surface area contributed by atoms with Crippen LogP contribution in [0.5, 0.6) is 0 Å². The zero-order valence-corrected chi connectivity index (χ0v) is 12.2. The van der Waals surface area contributed by atoms with Crippen LogP contribution in [0, 0.1) is 10.1 Å². The molecule has 0 saturated heterocycles. The number of hydrogen-bond acceptors (Lipinski definition) is 4. The predicted molar refractivity (Wildman–Crippen MR) is 80.0 cm³/mol. The Hall–Kier alpha value is -0.780. The van der Waals surface area contributed by atoms with Gasteiger partial charge in [0.05, 0.1) is 9.95 Å². The van der Waals surface area contributed by atoms with Crippen LogP contribution in [-0.2, 0) is 6.54 Å². The number of thiol groups is 1. The normalized spacial score (nSPS) is 23.3. The van der Waals surface area contributed by atoms with Gasteiger partial charge in [0.25, 0.3) is 5.69 Å². The van der Waals surface area contributed by atoms with Crippen LogP contribution in [0.1, 0.15) is 31.2 Å². The topological polar surface area (TPSA) is 55.2 Å². The summed E-state index contributed by atoms with van der Waals surface area (Å²) in [6, 6.07) is 5.07. The van der Waals surface area contributed by atoms with E-state index in [0.717, 1.165) is 18.4 Å². The second-order valence-electron chi connectivity index (χ2n) is 4.93. The Bertz CT molecular complexity index is 470. The molecule has 1 fully saturated rings. The first-order valence-electron chi connectivity index (χ1n) is 6.40. The van der Waals surface area contributed by atoms with Crippen molar-refractivity contribution in [2.24, 2.45) is 0 Å². The molecule has 1 aromatic rings. The summed E-state index contributed by atoms with van der Waals surface area (Å²) in [4.78, 5) is 10.2. The van der Waals surface area contributed by atoms with Crippen LogP contribution in [0.2, 0.25) is 5.02 Å². The molecule has 0 unspecified atom stereocenters. The van der Waals surface area contributed by atoms with E-state index < -0.39 is 4.92 Å². The van der Waals surface area contributed by atoms with Crippen LogP contribution in [-0.4, -0.2) is 16.2 Å². The summed E-state index contributed by atoms with van der Waals surface area (Å²) in [5.74, 6) is 0. The zero-order chi connectivity index (χ0) is 13.8. The third-order valence-electron chi connectivity index (χ3n) is 3.48. The first kappa shape index (κ1) is 14.6. The SMILES string of the molecule is O=[N+]([O-])c1ccc(CN[C@@H]2CCC[C@H](S)C2)c(Cl)c1. The molecule has 19 heavy (non-hydrogen) atoms. The van der Waals surface area contributed by atoms with Gasteiger partial charge in [0, 0.05) is 30.0 Å². The summed E-state index contributed by atoms with van der Waals surface area (Å²) in [5, 5.41) is 15.0. The van der Waals surface area contributed by atoms with E-state index in [1.807, 2.05) is 0 Å². The molecule has 0 heterocycles. The molecular weight excluding hydrogens is 284 g/mol. The minimum atomic E-state index is -0.435. The molecule has 0 spiro atoms. The fraction of sp³-hybridized carbons (Fsp3) is 0.538. The largest absolute Gasteiger partial charge is 0.310 e. The third-order valence-corrected chi connectivity index (χ3v) is 4.30. The molecule has 1 saturated carbocycles. The van der Waals surface area contributed by atoms with Gasteiger partial charge >= 0.3 is 0 Å². The Balaban J connectivity index is 1.94. The Morgan fingerprint density at radius 3 is 2.89 bits per heavy atom. The molecule has 1 aliphatic rings. The van der Waals surface area contributed by atoms with Crippen LogP contribution in [0.4, 0.5) is 5.69 Å². The molecule has 1 N–H and O–H groups in total. The maximum Gasteiger partial charge on any atom is 0.270 e. The molecule has 0 radical (unpaired) electrons. The molecule has 0 amide bonds. The van der Waals surface area contributed by atoms with Gasteiger partial charge in [0.15, 0.2) is 0 Å². The highest BCUT2D eigenvalue weighted by Crippen LogP contribution is 2.25. The molecular formula is C13H17ClN2O2S. The lowest BCUT2D eigenvalue weighted by atomic mass is 9.95. The summed E-state index contributed by atoms with van der Waals surface area (Å²) in [7, 11) is 0. The van der Waals surface area contributed by atoms with Crippen molar-refractivity contribution in [2.45, 2.75) is 43.5 Å². The van der Waals surface area contributed by atoms with Crippen LogP contribution < -0.4 is 5.32 Å². The fourth-order valence-corrected chi connectivity index (χ4v) is 3.08. The van der Waals surface area contributed by atoms with Crippen LogP contribution in [0.3, 0.4) is 0 Å². The molecule has 1 aliphatic carbocycles.